The second-order valence-electron chi connectivity index (χ2n) is 4.57. The van der Waals surface area contributed by atoms with Crippen LogP contribution < -0.4 is 11.3 Å². The number of hydrogen-bond donors (Lipinski definition) is 2. The SMILES string of the molecule is Cc1sc2nc(CSC3COC3)nc(NN)c2c1C. The van der Waals surface area contributed by atoms with Gasteiger partial charge in [0.25, 0.3) is 0 Å². The lowest BCUT2D eigenvalue weighted by Gasteiger charge is -2.24. The first-order valence-corrected chi connectivity index (χ1v) is 7.98. The molecule has 2 aromatic heterocycles. The van der Waals surface area contributed by atoms with Crippen LogP contribution >= 0.6 is 23.1 Å². The lowest BCUT2D eigenvalue weighted by Crippen LogP contribution is -2.30. The molecule has 2 aromatic rings. The fourth-order valence-corrected chi connectivity index (χ4v) is 3.91. The van der Waals surface area contributed by atoms with E-state index in [0.717, 1.165) is 40.8 Å². The number of aromatic nitrogens is 2. The van der Waals surface area contributed by atoms with Crippen molar-refractivity contribution in [2.24, 2.45) is 5.84 Å². The summed E-state index contributed by atoms with van der Waals surface area (Å²) in [5.74, 6) is 7.96. The van der Waals surface area contributed by atoms with Gasteiger partial charge in [-0.15, -0.1) is 23.1 Å². The van der Waals surface area contributed by atoms with Gasteiger partial charge >= 0.3 is 0 Å². The number of hydrogen-bond acceptors (Lipinski definition) is 7. The van der Waals surface area contributed by atoms with Gasteiger partial charge in [-0.05, 0) is 19.4 Å². The van der Waals surface area contributed by atoms with Crippen LogP contribution in [0, 0.1) is 13.8 Å². The predicted octanol–water partition coefficient (Wildman–Crippen LogP) is 2.23. The van der Waals surface area contributed by atoms with Crippen LogP contribution in [-0.2, 0) is 10.5 Å². The van der Waals surface area contributed by atoms with E-state index in [2.05, 4.69) is 29.2 Å². The minimum Gasteiger partial charge on any atom is -0.379 e. The van der Waals surface area contributed by atoms with Crippen LogP contribution in [0.25, 0.3) is 10.2 Å². The average molecular weight is 296 g/mol. The highest BCUT2D eigenvalue weighted by molar-refractivity contribution is 7.99. The monoisotopic (exact) mass is 296 g/mol. The largest absolute Gasteiger partial charge is 0.379 e. The summed E-state index contributed by atoms with van der Waals surface area (Å²) in [5, 5.41) is 1.63. The first kappa shape index (κ1) is 13.1. The van der Waals surface area contributed by atoms with E-state index in [4.69, 9.17) is 10.6 Å². The number of rotatable bonds is 4. The molecule has 5 nitrogen and oxygen atoms in total. The minimum absolute atomic E-state index is 0.584. The van der Waals surface area contributed by atoms with E-state index in [1.165, 1.54) is 10.4 Å². The second-order valence-corrected chi connectivity index (χ2v) is 7.06. The molecule has 1 fully saturated rings. The summed E-state index contributed by atoms with van der Waals surface area (Å²) in [6.45, 7) is 5.86. The van der Waals surface area contributed by atoms with E-state index in [1.807, 2.05) is 11.8 Å². The zero-order valence-corrected chi connectivity index (χ0v) is 12.5. The number of hydrazine groups is 1. The molecule has 0 atom stereocenters. The standard InChI is InChI=1S/C12H16N4OS2/c1-6-7(2)19-12-10(6)11(16-13)14-9(15-12)5-18-8-3-17-4-8/h8H,3-5,13H2,1-2H3,(H,14,15,16). The molecule has 0 radical (unpaired) electrons. The Labute approximate surface area is 119 Å². The molecule has 0 spiro atoms. The lowest BCUT2D eigenvalue weighted by atomic mass is 10.2. The van der Waals surface area contributed by atoms with Gasteiger partial charge in [-0.2, -0.15) is 0 Å². The van der Waals surface area contributed by atoms with Crippen LogP contribution in [0.3, 0.4) is 0 Å². The Bertz CT molecular complexity index is 609. The van der Waals surface area contributed by atoms with Gasteiger partial charge in [-0.25, -0.2) is 15.8 Å². The van der Waals surface area contributed by atoms with Crippen LogP contribution in [0.1, 0.15) is 16.3 Å². The molecule has 0 aliphatic carbocycles. The summed E-state index contributed by atoms with van der Waals surface area (Å²) in [7, 11) is 0. The predicted molar refractivity (Wildman–Crippen MR) is 80.6 cm³/mol. The topological polar surface area (TPSA) is 73.1 Å². The first-order chi connectivity index (χ1) is 9.19. The van der Waals surface area contributed by atoms with Crippen LogP contribution in [0.5, 0.6) is 0 Å². The summed E-state index contributed by atoms with van der Waals surface area (Å²) < 4.78 is 5.17. The van der Waals surface area contributed by atoms with Crippen molar-refractivity contribution in [1.29, 1.82) is 0 Å². The van der Waals surface area contributed by atoms with Crippen molar-refractivity contribution in [3.05, 3.63) is 16.3 Å². The third kappa shape index (κ3) is 2.43. The molecule has 1 aliphatic rings. The van der Waals surface area contributed by atoms with Crippen LogP contribution in [-0.4, -0.2) is 28.4 Å². The van der Waals surface area contributed by atoms with Gasteiger partial charge < -0.3 is 10.2 Å². The Morgan fingerprint density at radius 3 is 2.84 bits per heavy atom. The van der Waals surface area contributed by atoms with Gasteiger partial charge in [-0.3, -0.25) is 0 Å². The summed E-state index contributed by atoms with van der Waals surface area (Å²) in [6.07, 6.45) is 0. The Balaban J connectivity index is 1.92. The molecule has 3 N–H and O–H groups in total. The van der Waals surface area contributed by atoms with E-state index >= 15 is 0 Å². The van der Waals surface area contributed by atoms with Crippen molar-refractivity contribution in [2.75, 3.05) is 18.6 Å². The van der Waals surface area contributed by atoms with E-state index in [1.54, 1.807) is 11.3 Å². The summed E-state index contributed by atoms with van der Waals surface area (Å²) in [5.41, 5.74) is 3.91. The van der Waals surface area contributed by atoms with Gasteiger partial charge in [0, 0.05) is 4.88 Å². The highest BCUT2D eigenvalue weighted by atomic mass is 32.2. The van der Waals surface area contributed by atoms with Crippen molar-refractivity contribution in [1.82, 2.24) is 9.97 Å². The van der Waals surface area contributed by atoms with Crippen molar-refractivity contribution in [3.8, 4) is 0 Å². The number of anilines is 1. The highest BCUT2D eigenvalue weighted by Gasteiger charge is 2.20. The number of thiophene rings is 1. The molecule has 7 heteroatoms. The van der Waals surface area contributed by atoms with E-state index < -0.39 is 0 Å². The Morgan fingerprint density at radius 2 is 2.21 bits per heavy atom. The van der Waals surface area contributed by atoms with Gasteiger partial charge in [0.15, 0.2) is 5.82 Å². The molecule has 0 amide bonds. The maximum Gasteiger partial charge on any atom is 0.152 e. The third-order valence-corrected chi connectivity index (χ3v) is 5.54. The zero-order chi connectivity index (χ0) is 13.4. The second kappa shape index (κ2) is 5.24. The fraction of sp³-hybridized carbons (Fsp3) is 0.500. The van der Waals surface area contributed by atoms with Crippen molar-refractivity contribution < 1.29 is 4.74 Å². The smallest absolute Gasteiger partial charge is 0.152 e. The summed E-state index contributed by atoms with van der Waals surface area (Å²) in [6, 6.07) is 0. The number of nitrogens with two attached hydrogens (primary N) is 1. The van der Waals surface area contributed by atoms with Crippen LogP contribution in [0.4, 0.5) is 5.82 Å². The molecule has 0 saturated carbocycles. The number of nitrogens with zero attached hydrogens (tertiary/aromatic N) is 2. The molecule has 3 heterocycles. The molecule has 19 heavy (non-hydrogen) atoms. The molecule has 1 saturated heterocycles. The molecule has 3 rings (SSSR count). The van der Waals surface area contributed by atoms with Crippen molar-refractivity contribution in [2.45, 2.75) is 24.9 Å². The Hall–Kier alpha value is -0.890. The molecule has 0 aromatic carbocycles. The summed E-state index contributed by atoms with van der Waals surface area (Å²) in [4.78, 5) is 11.4. The average Bonchev–Trinajstić information content (AvgIpc) is 2.62. The number of nitrogen functional groups attached to an aromatic ring is 1. The molecule has 102 valence electrons. The minimum atomic E-state index is 0.584. The molecular weight excluding hydrogens is 280 g/mol. The number of thioether (sulfide) groups is 1. The maximum atomic E-state index is 5.59. The number of nitrogens with one attached hydrogen (secondary N) is 1. The Kier molecular flexibility index (Phi) is 3.62. The Morgan fingerprint density at radius 1 is 1.42 bits per heavy atom. The van der Waals surface area contributed by atoms with Crippen molar-refractivity contribution in [3.63, 3.8) is 0 Å². The quantitative estimate of drug-likeness (QED) is 0.666. The van der Waals surface area contributed by atoms with Crippen LogP contribution in [0.15, 0.2) is 0 Å². The number of ether oxygens (including phenoxy) is 1. The third-order valence-electron chi connectivity index (χ3n) is 3.27. The van der Waals surface area contributed by atoms with Crippen LogP contribution in [0.2, 0.25) is 0 Å². The van der Waals surface area contributed by atoms with Crippen molar-refractivity contribution >= 4 is 39.1 Å². The normalized spacial score (nSPS) is 15.7. The van der Waals surface area contributed by atoms with Gasteiger partial charge in [0.05, 0.1) is 29.6 Å². The molecule has 0 unspecified atom stereocenters. The number of aryl methyl sites for hydroxylation is 2. The first-order valence-electron chi connectivity index (χ1n) is 6.11. The maximum absolute atomic E-state index is 5.59. The summed E-state index contributed by atoms with van der Waals surface area (Å²) >= 11 is 3.54. The molecular formula is C12H16N4OS2. The number of fused-ring (bicyclic) bond motifs is 1. The van der Waals surface area contributed by atoms with Gasteiger partial charge in [-0.1, -0.05) is 0 Å². The zero-order valence-electron chi connectivity index (χ0n) is 10.9. The van der Waals surface area contributed by atoms with E-state index in [0.29, 0.717) is 5.25 Å². The fourth-order valence-electron chi connectivity index (χ4n) is 1.97. The van der Waals surface area contributed by atoms with Gasteiger partial charge in [0.1, 0.15) is 10.7 Å². The molecule has 1 aliphatic heterocycles. The van der Waals surface area contributed by atoms with Gasteiger partial charge in [0.2, 0.25) is 0 Å². The molecule has 0 bridgehead atoms. The highest BCUT2D eigenvalue weighted by Crippen LogP contribution is 2.33. The van der Waals surface area contributed by atoms with E-state index in [-0.39, 0.29) is 0 Å². The van der Waals surface area contributed by atoms with E-state index in [9.17, 15) is 0 Å². The lowest BCUT2D eigenvalue weighted by molar-refractivity contribution is 0.0455.